The molecule has 0 saturated carbocycles. The van der Waals surface area contributed by atoms with Crippen molar-refractivity contribution in [2.24, 2.45) is 0 Å². The number of ether oxygens (including phenoxy) is 1. The number of nitrogens with zero attached hydrogens (tertiary/aromatic N) is 1. The van der Waals surface area contributed by atoms with Gasteiger partial charge in [-0.05, 0) is 68.5 Å². The van der Waals surface area contributed by atoms with Crippen molar-refractivity contribution in [3.05, 3.63) is 86.2 Å². The topological polar surface area (TPSA) is 46.6 Å². The molecule has 34 heavy (non-hydrogen) atoms. The van der Waals surface area contributed by atoms with E-state index in [1.54, 1.807) is 6.07 Å². The number of rotatable bonds is 5. The molecular formula is C28H27Cl2NO3. The SMILES string of the molecule is CCN1C2=C(C(=O)CCC2)C(c2cc(Cl)ccc2OCc2ccc(Cl)cc2)C2=C1CCCC2=O. The van der Waals surface area contributed by atoms with Gasteiger partial charge < -0.3 is 9.64 Å². The fraction of sp³-hybridized carbons (Fsp3) is 0.357. The maximum absolute atomic E-state index is 13.4. The van der Waals surface area contributed by atoms with Crippen LogP contribution in [0, 0.1) is 0 Å². The Kier molecular flexibility index (Phi) is 6.54. The van der Waals surface area contributed by atoms with Crippen LogP contribution in [-0.4, -0.2) is 23.0 Å². The van der Waals surface area contributed by atoms with Crippen LogP contribution in [0.15, 0.2) is 65.0 Å². The van der Waals surface area contributed by atoms with Crippen LogP contribution in [0.2, 0.25) is 10.0 Å². The molecule has 1 aliphatic heterocycles. The largest absolute Gasteiger partial charge is 0.489 e. The molecule has 1 heterocycles. The van der Waals surface area contributed by atoms with Crippen molar-refractivity contribution in [3.8, 4) is 5.75 Å². The molecule has 2 aromatic rings. The van der Waals surface area contributed by atoms with Crippen molar-refractivity contribution in [1.29, 1.82) is 0 Å². The van der Waals surface area contributed by atoms with Gasteiger partial charge in [-0.15, -0.1) is 0 Å². The second kappa shape index (κ2) is 9.59. The van der Waals surface area contributed by atoms with E-state index in [-0.39, 0.29) is 11.6 Å². The summed E-state index contributed by atoms with van der Waals surface area (Å²) in [7, 11) is 0. The van der Waals surface area contributed by atoms with Crippen LogP contribution in [0.25, 0.3) is 0 Å². The van der Waals surface area contributed by atoms with Gasteiger partial charge in [0.05, 0.1) is 0 Å². The van der Waals surface area contributed by atoms with E-state index in [9.17, 15) is 9.59 Å². The summed E-state index contributed by atoms with van der Waals surface area (Å²) < 4.78 is 6.27. The van der Waals surface area contributed by atoms with Gasteiger partial charge in [-0.1, -0.05) is 35.3 Å². The van der Waals surface area contributed by atoms with E-state index in [4.69, 9.17) is 27.9 Å². The molecule has 0 amide bonds. The third-order valence-electron chi connectivity index (χ3n) is 6.99. The van der Waals surface area contributed by atoms with Gasteiger partial charge in [0.15, 0.2) is 11.6 Å². The van der Waals surface area contributed by atoms with Crippen LogP contribution in [0.3, 0.4) is 0 Å². The maximum atomic E-state index is 13.4. The first-order valence-corrected chi connectivity index (χ1v) is 12.7. The summed E-state index contributed by atoms with van der Waals surface area (Å²) in [6.45, 7) is 3.19. The Labute approximate surface area is 210 Å². The molecule has 0 N–H and O–H groups in total. The van der Waals surface area contributed by atoms with Gasteiger partial charge in [0.2, 0.25) is 0 Å². The molecule has 0 atom stereocenters. The number of hydrogen-bond donors (Lipinski definition) is 0. The Morgan fingerprint density at radius 3 is 2.03 bits per heavy atom. The number of allylic oxidation sites excluding steroid dienone is 4. The zero-order chi connectivity index (χ0) is 23.8. The van der Waals surface area contributed by atoms with E-state index in [1.165, 1.54) is 0 Å². The Bertz CT molecular complexity index is 1170. The molecule has 4 nitrogen and oxygen atoms in total. The minimum absolute atomic E-state index is 0.123. The number of halogens is 2. The first-order chi connectivity index (χ1) is 16.5. The van der Waals surface area contributed by atoms with Crippen molar-refractivity contribution in [2.75, 3.05) is 6.54 Å². The standard InChI is InChI=1S/C28H27Cl2NO3/c1-2-31-21-5-3-7-23(32)27(21)26(28-22(31)6-4-8-24(28)33)20-15-19(30)13-14-25(20)34-16-17-9-11-18(29)12-10-17/h9-15,26H,2-8,16H2,1H3. The number of carbonyl (C=O) groups is 2. The molecular weight excluding hydrogens is 469 g/mol. The highest BCUT2D eigenvalue weighted by molar-refractivity contribution is 6.31. The quantitative estimate of drug-likeness (QED) is 0.447. The van der Waals surface area contributed by atoms with Crippen molar-refractivity contribution < 1.29 is 14.3 Å². The van der Waals surface area contributed by atoms with Gasteiger partial charge in [-0.25, -0.2) is 0 Å². The lowest BCUT2D eigenvalue weighted by Gasteiger charge is -2.43. The zero-order valence-electron chi connectivity index (χ0n) is 19.2. The van der Waals surface area contributed by atoms with Crippen LogP contribution in [0.1, 0.15) is 62.5 Å². The number of benzene rings is 2. The summed E-state index contributed by atoms with van der Waals surface area (Å²) in [5.41, 5.74) is 5.42. The lowest BCUT2D eigenvalue weighted by Crippen LogP contribution is -2.39. The minimum Gasteiger partial charge on any atom is -0.489 e. The minimum atomic E-state index is -0.438. The highest BCUT2D eigenvalue weighted by Gasteiger charge is 2.43. The van der Waals surface area contributed by atoms with Gasteiger partial charge in [0, 0.05) is 63.5 Å². The first-order valence-electron chi connectivity index (χ1n) is 11.9. The Morgan fingerprint density at radius 2 is 1.44 bits per heavy atom. The number of Topliss-reactive ketones (excluding diaryl/α,β-unsaturated/α-hetero) is 2. The fourth-order valence-corrected chi connectivity index (χ4v) is 5.83. The van der Waals surface area contributed by atoms with Crippen molar-refractivity contribution in [1.82, 2.24) is 4.90 Å². The molecule has 176 valence electrons. The summed E-state index contributed by atoms with van der Waals surface area (Å²) in [4.78, 5) is 28.9. The smallest absolute Gasteiger partial charge is 0.161 e. The monoisotopic (exact) mass is 495 g/mol. The van der Waals surface area contributed by atoms with E-state index in [0.29, 0.717) is 35.2 Å². The van der Waals surface area contributed by atoms with E-state index >= 15 is 0 Å². The fourth-order valence-electron chi connectivity index (χ4n) is 5.53. The molecule has 0 saturated heterocycles. The second-order valence-electron chi connectivity index (χ2n) is 9.05. The maximum Gasteiger partial charge on any atom is 0.161 e. The Balaban J connectivity index is 1.63. The van der Waals surface area contributed by atoms with Crippen molar-refractivity contribution in [2.45, 2.75) is 58.0 Å². The predicted octanol–water partition coefficient (Wildman–Crippen LogP) is 7.01. The second-order valence-corrected chi connectivity index (χ2v) is 9.92. The molecule has 0 bridgehead atoms. The van der Waals surface area contributed by atoms with Crippen molar-refractivity contribution >= 4 is 34.8 Å². The Morgan fingerprint density at radius 1 is 0.853 bits per heavy atom. The van der Waals surface area contributed by atoms with Gasteiger partial charge in [-0.2, -0.15) is 0 Å². The molecule has 0 spiro atoms. The summed E-state index contributed by atoms with van der Waals surface area (Å²) in [6, 6.07) is 13.0. The summed E-state index contributed by atoms with van der Waals surface area (Å²) in [6.07, 6.45) is 4.38. The number of ketones is 2. The average Bonchev–Trinajstić information content (AvgIpc) is 2.83. The molecule has 0 radical (unpaired) electrons. The summed E-state index contributed by atoms with van der Waals surface area (Å²) in [5, 5.41) is 1.23. The average molecular weight is 496 g/mol. The molecule has 0 fully saturated rings. The van der Waals surface area contributed by atoms with Crippen LogP contribution in [0.4, 0.5) is 0 Å². The number of hydrogen-bond acceptors (Lipinski definition) is 4. The molecule has 0 unspecified atom stereocenters. The molecule has 2 aromatic carbocycles. The van der Waals surface area contributed by atoms with Crippen LogP contribution in [-0.2, 0) is 16.2 Å². The first kappa shape index (κ1) is 23.2. The van der Waals surface area contributed by atoms with E-state index in [1.807, 2.05) is 36.4 Å². The van der Waals surface area contributed by atoms with Gasteiger partial charge >= 0.3 is 0 Å². The van der Waals surface area contributed by atoms with Crippen LogP contribution < -0.4 is 4.74 Å². The molecule has 5 rings (SSSR count). The highest BCUT2D eigenvalue weighted by atomic mass is 35.5. The zero-order valence-corrected chi connectivity index (χ0v) is 20.7. The molecule has 6 heteroatoms. The van der Waals surface area contributed by atoms with Crippen LogP contribution >= 0.6 is 23.2 Å². The van der Waals surface area contributed by atoms with Crippen LogP contribution in [0.5, 0.6) is 5.75 Å². The van der Waals surface area contributed by atoms with Gasteiger partial charge in [0.25, 0.3) is 0 Å². The van der Waals surface area contributed by atoms with E-state index in [0.717, 1.165) is 65.9 Å². The van der Waals surface area contributed by atoms with Gasteiger partial charge in [-0.3, -0.25) is 9.59 Å². The lowest BCUT2D eigenvalue weighted by atomic mass is 9.70. The normalized spacial score (nSPS) is 18.9. The van der Waals surface area contributed by atoms with Gasteiger partial charge in [0.1, 0.15) is 12.4 Å². The summed E-state index contributed by atoms with van der Waals surface area (Å²) in [5.74, 6) is 0.452. The third kappa shape index (κ3) is 4.18. The predicted molar refractivity (Wildman–Crippen MR) is 134 cm³/mol. The van der Waals surface area contributed by atoms with E-state index in [2.05, 4.69) is 11.8 Å². The molecule has 0 aromatic heterocycles. The number of carbonyl (C=O) groups excluding carboxylic acids is 2. The van der Waals surface area contributed by atoms with Crippen molar-refractivity contribution in [3.63, 3.8) is 0 Å². The molecule has 2 aliphatic carbocycles. The van der Waals surface area contributed by atoms with E-state index < -0.39 is 5.92 Å². The third-order valence-corrected chi connectivity index (χ3v) is 7.48. The lowest BCUT2D eigenvalue weighted by molar-refractivity contribution is -0.117. The molecule has 3 aliphatic rings. The summed E-state index contributed by atoms with van der Waals surface area (Å²) >= 11 is 12.5. The highest BCUT2D eigenvalue weighted by Crippen LogP contribution is 2.51. The Hall–Kier alpha value is -2.56.